The quantitative estimate of drug-likeness (QED) is 0.114. The van der Waals surface area contributed by atoms with E-state index in [0.717, 1.165) is 81.8 Å². The van der Waals surface area contributed by atoms with E-state index in [1.807, 2.05) is 109 Å². The van der Waals surface area contributed by atoms with Crippen molar-refractivity contribution in [1.29, 1.82) is 0 Å². The Hall–Kier alpha value is -15.8. The fraction of sp³-hybridized carbons (Fsp3) is 0.0469. The van der Waals surface area contributed by atoms with E-state index in [4.69, 9.17) is 0 Å². The Bertz CT molecular complexity index is 7830. The molecule has 27 rings (SSSR count). The summed E-state index contributed by atoms with van der Waals surface area (Å²) in [5, 5.41) is 5.13. The maximum absolute atomic E-state index is 4.57. The summed E-state index contributed by atoms with van der Waals surface area (Å²) in [5.41, 5.74) is 46.2. The van der Waals surface area contributed by atoms with Gasteiger partial charge in [0.05, 0.1) is 22.1 Å². The molecule has 4 aliphatic carbocycles. The first-order valence-corrected chi connectivity index (χ1v) is 46.1. The first kappa shape index (κ1) is 84.5. The molecule has 136 heavy (non-hydrogen) atoms. The molecule has 0 atom stereocenters. The zero-order valence-electron chi connectivity index (χ0n) is 74.1. The fourth-order valence-corrected chi connectivity index (χ4v) is 21.8. The van der Waals surface area contributed by atoms with Gasteiger partial charge in [-0.3, -0.25) is 0 Å². The van der Waals surface area contributed by atoms with Crippen LogP contribution in [0.5, 0.6) is 0 Å². The van der Waals surface area contributed by atoms with Crippen LogP contribution < -0.4 is 0 Å². The van der Waals surface area contributed by atoms with Crippen LogP contribution in [0.25, 0.3) is 189 Å². The van der Waals surface area contributed by atoms with Gasteiger partial charge in [0.25, 0.3) is 0 Å². The van der Waals surface area contributed by atoms with Crippen LogP contribution in [0.4, 0.5) is 0 Å². The molecule has 4 aliphatic rings. The topological polar surface area (TPSA) is 61.4 Å². The molecule has 6 aromatic heterocycles. The number of rotatable bonds is 12. The largest absolute Gasteiger partial charge is 0.315 e. The summed E-state index contributed by atoms with van der Waals surface area (Å²) in [5.74, 6) is 0. The Morgan fingerprint density at radius 2 is 0.463 bits per heavy atom. The zero-order valence-corrected chi connectivity index (χ0v) is 78.8. The average Bonchev–Trinajstić information content (AvgIpc) is 1.54. The monoisotopic (exact) mass is 2090 g/mol. The molecule has 0 amide bonds. The molecule has 2 radical (unpaired) electrons. The van der Waals surface area contributed by atoms with Crippen LogP contribution in [-0.2, 0) is 76.7 Å². The molecule has 2 spiro atoms. The molecule has 0 unspecified atom stereocenters. The van der Waals surface area contributed by atoms with Gasteiger partial charge < -0.3 is 29.1 Å². The number of para-hydroxylation sites is 4. The van der Waals surface area contributed by atoms with E-state index in [1.165, 1.54) is 177 Å². The first-order valence-electron chi connectivity index (χ1n) is 46.1. The van der Waals surface area contributed by atoms with Crippen molar-refractivity contribution in [2.24, 2.45) is 0 Å². The maximum atomic E-state index is 4.57. The second-order valence-electron chi connectivity index (χ2n) is 35.7. The summed E-state index contributed by atoms with van der Waals surface area (Å²) >= 11 is 0. The van der Waals surface area contributed by atoms with Crippen molar-refractivity contribution in [3.8, 4) is 145 Å². The SMILES string of the molecule is [Ir].[Ir].[c-]1cc(-c2ccccn2)[c-]cc1-c1ccccn1.[c-]1ccc(-c2cccc(-c3ccc4c(c3)C3(Cc5ccccc5C3)c3cc(-c5ccc(-n6c7ccccc7c7ccccc76)cc5)ccc3-4)c2)cc1-c1ccccn1.[c-]1ccc(-c2cccc(-c3ccc4c(c3)C3(Cc5ccccc5C3)c3cc(-c5ccc(-n6c7ccccc7c7ccccc76)cc5)ccc3-4)c2)cc1-c1ccccn1. The van der Waals surface area contributed by atoms with Gasteiger partial charge in [-0.1, -0.05) is 290 Å². The molecule has 23 aromatic rings. The normalized spacial score (nSPS) is 12.9. The summed E-state index contributed by atoms with van der Waals surface area (Å²) in [6.07, 6.45) is 11.2. The van der Waals surface area contributed by atoms with Crippen molar-refractivity contribution >= 4 is 43.6 Å². The summed E-state index contributed by atoms with van der Waals surface area (Å²) in [6.45, 7) is 0. The Kier molecular flexibility index (Phi) is 22.2. The number of pyridine rings is 4. The van der Waals surface area contributed by atoms with Crippen LogP contribution in [-0.4, -0.2) is 29.1 Å². The minimum absolute atomic E-state index is 0. The minimum Gasteiger partial charge on any atom is -0.315 e. The Labute approximate surface area is 818 Å². The smallest absolute Gasteiger partial charge is 0.0541 e. The van der Waals surface area contributed by atoms with Crippen LogP contribution >= 0.6 is 0 Å². The van der Waals surface area contributed by atoms with Gasteiger partial charge in [-0.15, -0.1) is 70.8 Å². The van der Waals surface area contributed by atoms with Gasteiger partial charge >= 0.3 is 0 Å². The van der Waals surface area contributed by atoms with Crippen molar-refractivity contribution in [3.05, 3.63) is 530 Å². The first-order chi connectivity index (χ1) is 66.3. The van der Waals surface area contributed by atoms with E-state index in [1.54, 1.807) is 12.4 Å². The zero-order chi connectivity index (χ0) is 88.6. The van der Waals surface area contributed by atoms with E-state index >= 15 is 0 Å². The molecule has 0 N–H and O–H groups in total. The molecule has 0 saturated carbocycles. The molecule has 648 valence electrons. The summed E-state index contributed by atoms with van der Waals surface area (Å²) < 4.78 is 4.79. The third kappa shape index (κ3) is 15.1. The summed E-state index contributed by atoms with van der Waals surface area (Å²) in [7, 11) is 0. The van der Waals surface area contributed by atoms with Gasteiger partial charge in [0, 0.05) is 109 Å². The van der Waals surface area contributed by atoms with Crippen LogP contribution in [0.15, 0.2) is 462 Å². The van der Waals surface area contributed by atoms with Crippen molar-refractivity contribution in [2.45, 2.75) is 36.5 Å². The number of hydrogen-bond donors (Lipinski definition) is 0. The molecule has 0 aliphatic heterocycles. The van der Waals surface area contributed by atoms with Crippen LogP contribution in [0.3, 0.4) is 0 Å². The second kappa shape index (κ2) is 35.7. The second-order valence-corrected chi connectivity index (χ2v) is 35.7. The van der Waals surface area contributed by atoms with Crippen molar-refractivity contribution < 1.29 is 40.2 Å². The van der Waals surface area contributed by atoms with Crippen molar-refractivity contribution in [1.82, 2.24) is 29.1 Å². The molecule has 0 fully saturated rings. The summed E-state index contributed by atoms with van der Waals surface area (Å²) in [6, 6.07) is 171. The molecule has 0 saturated heterocycles. The number of nitrogens with zero attached hydrogens (tertiary/aromatic N) is 6. The molecule has 8 heteroatoms. The molecule has 0 bridgehead atoms. The van der Waals surface area contributed by atoms with E-state index in [9.17, 15) is 0 Å². The Morgan fingerprint density at radius 1 is 0.206 bits per heavy atom. The Balaban J connectivity index is 0.000000128. The summed E-state index contributed by atoms with van der Waals surface area (Å²) in [4.78, 5) is 17.7. The van der Waals surface area contributed by atoms with Gasteiger partial charge in [-0.25, -0.2) is 35.4 Å². The predicted molar refractivity (Wildman–Crippen MR) is 549 cm³/mol. The third-order valence-electron chi connectivity index (χ3n) is 28.2. The minimum atomic E-state index is -0.131. The van der Waals surface area contributed by atoms with E-state index in [0.29, 0.717) is 0 Å². The molecule has 6 nitrogen and oxygen atoms in total. The number of hydrogen-bond acceptors (Lipinski definition) is 4. The number of benzene rings is 17. The van der Waals surface area contributed by atoms with Gasteiger partial charge in [0.1, 0.15) is 0 Å². The third-order valence-corrected chi connectivity index (χ3v) is 28.2. The average molecular weight is 2090 g/mol. The van der Waals surface area contributed by atoms with E-state index in [-0.39, 0.29) is 51.0 Å². The molecular formula is C128H84Ir2N6-4. The van der Waals surface area contributed by atoms with Gasteiger partial charge in [-0.05, 0) is 269 Å². The van der Waals surface area contributed by atoms with Crippen molar-refractivity contribution in [2.75, 3.05) is 0 Å². The maximum Gasteiger partial charge on any atom is 0.0541 e. The van der Waals surface area contributed by atoms with Gasteiger partial charge in [0.2, 0.25) is 0 Å². The molecule has 17 aromatic carbocycles. The number of fused-ring (bicyclic) bond motifs is 18. The fourth-order valence-electron chi connectivity index (χ4n) is 21.8. The molecular weight excluding hydrogens is 2010 g/mol. The van der Waals surface area contributed by atoms with Crippen LogP contribution in [0.2, 0.25) is 0 Å². The predicted octanol–water partition coefficient (Wildman–Crippen LogP) is 30.8. The van der Waals surface area contributed by atoms with Gasteiger partial charge in [0.15, 0.2) is 0 Å². The van der Waals surface area contributed by atoms with E-state index in [2.05, 4.69) is 393 Å². The number of aromatic nitrogens is 6. The van der Waals surface area contributed by atoms with Gasteiger partial charge in [-0.2, -0.15) is 0 Å². The van der Waals surface area contributed by atoms with Crippen LogP contribution in [0, 0.1) is 24.3 Å². The van der Waals surface area contributed by atoms with E-state index < -0.39 is 0 Å². The van der Waals surface area contributed by atoms with Crippen LogP contribution in [0.1, 0.15) is 44.5 Å². The van der Waals surface area contributed by atoms with Crippen molar-refractivity contribution in [3.63, 3.8) is 0 Å². The molecule has 6 heterocycles. The Morgan fingerprint density at radius 3 is 0.757 bits per heavy atom. The standard InChI is InChI=1S/2C56H37N2.C16H10N2.2Ir/c2*1-2-12-45-36-56(35-44(45)11-1)51-33-41(37-22-26-46(27-23-37)58-54-20-5-3-17-49(54)50-18-4-6-21-55(50)58)24-28-47(51)48-29-25-42(34-52(48)56)39-14-9-13-38(31-39)40-15-10-16-43(32-40)53-19-7-8-30-57-53;1-3-11-17-15(5-1)13-7-9-14(10-8-13)16-6-2-4-12-18-16;;/h2*1-15,17-34H,35-36H2;1-7,10-12H;;/q2*-1;-2;;.